The summed E-state index contributed by atoms with van der Waals surface area (Å²) in [7, 11) is -1.57. The molecule has 0 radical (unpaired) electrons. The van der Waals surface area contributed by atoms with Crippen molar-refractivity contribution in [2.45, 2.75) is 11.4 Å². The lowest BCUT2D eigenvalue weighted by molar-refractivity contribution is 0.414. The number of nitrogens with one attached hydrogen (secondary N) is 1. The van der Waals surface area contributed by atoms with Crippen LogP contribution < -0.4 is 10.1 Å². The van der Waals surface area contributed by atoms with Gasteiger partial charge >= 0.3 is 0 Å². The van der Waals surface area contributed by atoms with Crippen molar-refractivity contribution >= 4 is 26.6 Å². The Balaban J connectivity index is 1.78. The molecule has 24 heavy (non-hydrogen) atoms. The zero-order valence-electron chi connectivity index (χ0n) is 13.5. The average Bonchev–Trinajstić information content (AvgIpc) is 2.59. The topological polar surface area (TPSA) is 68.3 Å². The summed E-state index contributed by atoms with van der Waals surface area (Å²) in [6.45, 7) is 0.643. The van der Waals surface area contributed by atoms with Crippen molar-refractivity contribution < 1.29 is 13.2 Å². The summed E-state index contributed by atoms with van der Waals surface area (Å²) in [5.41, 5.74) is 1.87. The molecule has 1 N–H and O–H groups in total. The highest BCUT2D eigenvalue weighted by atomic mass is 32.2. The zero-order valence-corrected chi connectivity index (χ0v) is 14.3. The summed E-state index contributed by atoms with van der Waals surface area (Å²) >= 11 is 0. The standard InChI is InChI=1S/C18H18N2O3S/c1-23-15-6-3-13(4-7-15)12-19-18-10-5-14-11-16(24(2,21)22)8-9-17(14)20-18/h3-11H,12H2,1-2H3,(H,19,20). The number of rotatable bonds is 5. The van der Waals surface area contributed by atoms with Crippen molar-refractivity contribution in [3.8, 4) is 5.75 Å². The van der Waals surface area contributed by atoms with Crippen LogP contribution in [0.2, 0.25) is 0 Å². The molecule has 0 unspecified atom stereocenters. The molecular formula is C18H18N2O3S. The van der Waals surface area contributed by atoms with Crippen LogP contribution in [0, 0.1) is 0 Å². The molecule has 0 atom stereocenters. The van der Waals surface area contributed by atoms with Gasteiger partial charge in [0.2, 0.25) is 0 Å². The number of aromatic nitrogens is 1. The van der Waals surface area contributed by atoms with E-state index in [1.165, 1.54) is 6.26 Å². The van der Waals surface area contributed by atoms with Gasteiger partial charge in [0.05, 0.1) is 17.5 Å². The maximum atomic E-state index is 11.6. The molecule has 0 aliphatic rings. The Bertz CT molecular complexity index is 967. The van der Waals surface area contributed by atoms with E-state index in [1.807, 2.05) is 36.4 Å². The van der Waals surface area contributed by atoms with Gasteiger partial charge in [-0.15, -0.1) is 0 Å². The summed E-state index contributed by atoms with van der Waals surface area (Å²) in [5.74, 6) is 1.56. The first-order valence-electron chi connectivity index (χ1n) is 7.43. The van der Waals surface area contributed by atoms with Crippen LogP contribution in [0.4, 0.5) is 5.82 Å². The van der Waals surface area contributed by atoms with Gasteiger partial charge in [0, 0.05) is 18.2 Å². The molecule has 3 aromatic rings. The van der Waals surface area contributed by atoms with Crippen LogP contribution in [-0.2, 0) is 16.4 Å². The molecule has 0 saturated carbocycles. The predicted molar refractivity (Wildman–Crippen MR) is 95.2 cm³/mol. The minimum absolute atomic E-state index is 0.302. The van der Waals surface area contributed by atoms with Gasteiger partial charge in [0.25, 0.3) is 0 Å². The van der Waals surface area contributed by atoms with Crippen molar-refractivity contribution in [1.82, 2.24) is 4.98 Å². The van der Waals surface area contributed by atoms with E-state index in [0.717, 1.165) is 28.0 Å². The van der Waals surface area contributed by atoms with Gasteiger partial charge in [0.15, 0.2) is 9.84 Å². The Kier molecular flexibility index (Phi) is 4.40. The van der Waals surface area contributed by atoms with Gasteiger partial charge < -0.3 is 10.1 Å². The van der Waals surface area contributed by atoms with Gasteiger partial charge in [-0.2, -0.15) is 0 Å². The fourth-order valence-corrected chi connectivity index (χ4v) is 3.03. The number of hydrogen-bond acceptors (Lipinski definition) is 5. The van der Waals surface area contributed by atoms with Crippen molar-refractivity contribution in [2.75, 3.05) is 18.7 Å². The molecular weight excluding hydrogens is 324 g/mol. The van der Waals surface area contributed by atoms with Crippen LogP contribution in [0.5, 0.6) is 5.75 Å². The number of ether oxygens (including phenoxy) is 1. The van der Waals surface area contributed by atoms with E-state index in [-0.39, 0.29) is 0 Å². The third kappa shape index (κ3) is 3.65. The Morgan fingerprint density at radius 2 is 1.79 bits per heavy atom. The third-order valence-electron chi connectivity index (χ3n) is 3.72. The first-order chi connectivity index (χ1) is 11.5. The minimum atomic E-state index is -3.21. The van der Waals surface area contributed by atoms with Gasteiger partial charge in [-0.1, -0.05) is 12.1 Å². The molecule has 0 bridgehead atoms. The van der Waals surface area contributed by atoms with E-state index < -0.39 is 9.84 Å². The molecule has 5 nitrogen and oxygen atoms in total. The Hall–Kier alpha value is -2.60. The largest absolute Gasteiger partial charge is 0.497 e. The summed E-state index contributed by atoms with van der Waals surface area (Å²) in [6.07, 6.45) is 1.20. The van der Waals surface area contributed by atoms with Crippen LogP contribution in [-0.4, -0.2) is 26.8 Å². The van der Waals surface area contributed by atoms with E-state index in [1.54, 1.807) is 25.3 Å². The molecule has 0 aliphatic carbocycles. The smallest absolute Gasteiger partial charge is 0.175 e. The number of pyridine rings is 1. The highest BCUT2D eigenvalue weighted by Gasteiger charge is 2.08. The monoisotopic (exact) mass is 342 g/mol. The van der Waals surface area contributed by atoms with Crippen LogP contribution in [0.15, 0.2) is 59.5 Å². The van der Waals surface area contributed by atoms with Crippen LogP contribution >= 0.6 is 0 Å². The molecule has 0 amide bonds. The SMILES string of the molecule is COc1ccc(CNc2ccc3cc(S(C)(=O)=O)ccc3n2)cc1. The van der Waals surface area contributed by atoms with Crippen LogP contribution in [0.25, 0.3) is 10.9 Å². The Morgan fingerprint density at radius 3 is 2.46 bits per heavy atom. The van der Waals surface area contributed by atoms with E-state index in [0.29, 0.717) is 11.4 Å². The lowest BCUT2D eigenvalue weighted by Gasteiger charge is -2.08. The first-order valence-corrected chi connectivity index (χ1v) is 9.32. The van der Waals surface area contributed by atoms with Gasteiger partial charge in [-0.3, -0.25) is 0 Å². The summed E-state index contributed by atoms with van der Waals surface area (Å²) in [5, 5.41) is 4.06. The second-order valence-corrected chi connectivity index (χ2v) is 7.54. The highest BCUT2D eigenvalue weighted by molar-refractivity contribution is 7.90. The van der Waals surface area contributed by atoms with Gasteiger partial charge in [-0.25, -0.2) is 13.4 Å². The fraction of sp³-hybridized carbons (Fsp3) is 0.167. The maximum Gasteiger partial charge on any atom is 0.175 e. The summed E-state index contributed by atoms with van der Waals surface area (Å²) in [6, 6.07) is 16.5. The van der Waals surface area contributed by atoms with E-state index in [2.05, 4.69) is 10.3 Å². The number of methoxy groups -OCH3 is 1. The van der Waals surface area contributed by atoms with E-state index >= 15 is 0 Å². The molecule has 0 saturated heterocycles. The van der Waals surface area contributed by atoms with Gasteiger partial charge in [0.1, 0.15) is 11.6 Å². The second kappa shape index (κ2) is 6.49. The van der Waals surface area contributed by atoms with Crippen molar-refractivity contribution in [2.24, 2.45) is 0 Å². The molecule has 0 spiro atoms. The number of nitrogens with zero attached hydrogens (tertiary/aromatic N) is 1. The molecule has 1 aromatic heterocycles. The normalized spacial score (nSPS) is 11.4. The number of fused-ring (bicyclic) bond motifs is 1. The molecule has 0 aliphatic heterocycles. The van der Waals surface area contributed by atoms with E-state index in [9.17, 15) is 8.42 Å². The van der Waals surface area contributed by atoms with Crippen LogP contribution in [0.3, 0.4) is 0 Å². The molecule has 6 heteroatoms. The Morgan fingerprint density at radius 1 is 1.04 bits per heavy atom. The number of sulfone groups is 1. The lowest BCUT2D eigenvalue weighted by atomic mass is 10.2. The van der Waals surface area contributed by atoms with Crippen LogP contribution in [0.1, 0.15) is 5.56 Å². The number of hydrogen-bond donors (Lipinski definition) is 1. The van der Waals surface area contributed by atoms with Crippen molar-refractivity contribution in [1.29, 1.82) is 0 Å². The molecule has 1 heterocycles. The van der Waals surface area contributed by atoms with Crippen molar-refractivity contribution in [3.63, 3.8) is 0 Å². The zero-order chi connectivity index (χ0) is 17.2. The van der Waals surface area contributed by atoms with Gasteiger partial charge in [-0.05, 0) is 48.0 Å². The Labute approximate surface area is 141 Å². The maximum absolute atomic E-state index is 11.6. The fourth-order valence-electron chi connectivity index (χ4n) is 2.37. The summed E-state index contributed by atoms with van der Waals surface area (Å²) < 4.78 is 28.4. The second-order valence-electron chi connectivity index (χ2n) is 5.52. The van der Waals surface area contributed by atoms with E-state index in [4.69, 9.17) is 4.74 Å². The molecule has 2 aromatic carbocycles. The highest BCUT2D eigenvalue weighted by Crippen LogP contribution is 2.20. The predicted octanol–water partition coefficient (Wildman–Crippen LogP) is 3.26. The summed E-state index contributed by atoms with van der Waals surface area (Å²) in [4.78, 5) is 4.82. The molecule has 124 valence electrons. The third-order valence-corrected chi connectivity index (χ3v) is 4.83. The first kappa shape index (κ1) is 16.3. The molecule has 3 rings (SSSR count). The quantitative estimate of drug-likeness (QED) is 0.771. The minimum Gasteiger partial charge on any atom is -0.497 e. The lowest BCUT2D eigenvalue weighted by Crippen LogP contribution is -2.02. The van der Waals surface area contributed by atoms with Crippen molar-refractivity contribution in [3.05, 3.63) is 60.2 Å². The average molecular weight is 342 g/mol. The number of anilines is 1. The molecule has 0 fully saturated rings. The number of benzene rings is 2.